The highest BCUT2D eigenvalue weighted by Gasteiger charge is 2.21. The van der Waals surface area contributed by atoms with Gasteiger partial charge in [0.15, 0.2) is 0 Å². The van der Waals surface area contributed by atoms with Gasteiger partial charge in [-0.3, -0.25) is 4.90 Å². The van der Waals surface area contributed by atoms with Crippen LogP contribution in [-0.2, 0) is 0 Å². The molecule has 1 aromatic heterocycles. The molecule has 0 aliphatic carbocycles. The molecule has 0 bridgehead atoms. The van der Waals surface area contributed by atoms with Crippen LogP contribution in [0.4, 0.5) is 5.95 Å². The van der Waals surface area contributed by atoms with E-state index in [4.69, 9.17) is 5.26 Å². The lowest BCUT2D eigenvalue weighted by Crippen LogP contribution is -2.50. The monoisotopic (exact) mass is 231 g/mol. The van der Waals surface area contributed by atoms with Gasteiger partial charge < -0.3 is 4.90 Å². The Morgan fingerprint density at radius 1 is 1.29 bits per heavy atom. The van der Waals surface area contributed by atoms with Crippen molar-refractivity contribution >= 4 is 5.95 Å². The Balaban J connectivity index is 1.89. The van der Waals surface area contributed by atoms with Gasteiger partial charge in [0.2, 0.25) is 5.95 Å². The molecule has 2 heterocycles. The zero-order chi connectivity index (χ0) is 12.1. The molecule has 1 aliphatic heterocycles. The minimum Gasteiger partial charge on any atom is -0.338 e. The number of anilines is 1. The number of piperazine rings is 1. The maximum absolute atomic E-state index is 8.69. The van der Waals surface area contributed by atoms with Gasteiger partial charge in [0.1, 0.15) is 0 Å². The SMILES string of the molecule is C[C@H](CC#N)N1CCN(c2ncccn2)CC1. The Morgan fingerprint density at radius 2 is 1.94 bits per heavy atom. The quantitative estimate of drug-likeness (QED) is 0.773. The summed E-state index contributed by atoms with van der Waals surface area (Å²) in [6.07, 6.45) is 4.14. The van der Waals surface area contributed by atoms with Crippen LogP contribution in [0.25, 0.3) is 0 Å². The molecule has 5 heteroatoms. The Morgan fingerprint density at radius 3 is 2.53 bits per heavy atom. The number of hydrogen-bond acceptors (Lipinski definition) is 5. The zero-order valence-corrected chi connectivity index (χ0v) is 10.1. The van der Waals surface area contributed by atoms with E-state index in [1.54, 1.807) is 12.4 Å². The second-order valence-electron chi connectivity index (χ2n) is 4.28. The summed E-state index contributed by atoms with van der Waals surface area (Å²) in [4.78, 5) is 13.0. The van der Waals surface area contributed by atoms with E-state index in [-0.39, 0.29) is 0 Å². The van der Waals surface area contributed by atoms with E-state index in [0.717, 1.165) is 32.1 Å². The van der Waals surface area contributed by atoms with Crippen molar-refractivity contribution in [2.75, 3.05) is 31.1 Å². The molecule has 0 saturated carbocycles. The van der Waals surface area contributed by atoms with Gasteiger partial charge in [0.25, 0.3) is 0 Å². The van der Waals surface area contributed by atoms with Crippen LogP contribution < -0.4 is 4.90 Å². The fourth-order valence-corrected chi connectivity index (χ4v) is 2.08. The Labute approximate surface area is 102 Å². The van der Waals surface area contributed by atoms with E-state index in [0.29, 0.717) is 12.5 Å². The Hall–Kier alpha value is -1.67. The lowest BCUT2D eigenvalue weighted by Gasteiger charge is -2.37. The molecule has 0 unspecified atom stereocenters. The summed E-state index contributed by atoms with van der Waals surface area (Å²) in [7, 11) is 0. The van der Waals surface area contributed by atoms with Crippen molar-refractivity contribution in [2.24, 2.45) is 0 Å². The largest absolute Gasteiger partial charge is 0.338 e. The molecule has 17 heavy (non-hydrogen) atoms. The molecule has 1 fully saturated rings. The first kappa shape index (κ1) is 11.8. The fraction of sp³-hybridized carbons (Fsp3) is 0.583. The molecular weight excluding hydrogens is 214 g/mol. The van der Waals surface area contributed by atoms with Crippen LogP contribution in [-0.4, -0.2) is 47.1 Å². The minimum absolute atomic E-state index is 0.346. The van der Waals surface area contributed by atoms with Crippen molar-refractivity contribution < 1.29 is 0 Å². The molecule has 0 radical (unpaired) electrons. The van der Waals surface area contributed by atoms with Crippen molar-refractivity contribution in [3.63, 3.8) is 0 Å². The predicted molar refractivity (Wildman–Crippen MR) is 65.5 cm³/mol. The van der Waals surface area contributed by atoms with E-state index in [1.807, 2.05) is 6.07 Å². The highest BCUT2D eigenvalue weighted by atomic mass is 15.3. The molecule has 1 aromatic rings. The van der Waals surface area contributed by atoms with Crippen molar-refractivity contribution in [1.82, 2.24) is 14.9 Å². The van der Waals surface area contributed by atoms with Gasteiger partial charge in [-0.2, -0.15) is 5.26 Å². The van der Waals surface area contributed by atoms with Gasteiger partial charge in [-0.15, -0.1) is 0 Å². The third-order valence-electron chi connectivity index (χ3n) is 3.16. The molecule has 0 aromatic carbocycles. The first-order valence-corrected chi connectivity index (χ1v) is 5.94. The fourth-order valence-electron chi connectivity index (χ4n) is 2.08. The lowest BCUT2D eigenvalue weighted by atomic mass is 10.2. The van der Waals surface area contributed by atoms with Crippen LogP contribution >= 0.6 is 0 Å². The minimum atomic E-state index is 0.346. The van der Waals surface area contributed by atoms with Gasteiger partial charge in [-0.25, -0.2) is 9.97 Å². The molecule has 1 saturated heterocycles. The Kier molecular flexibility index (Phi) is 3.89. The summed E-state index contributed by atoms with van der Waals surface area (Å²) < 4.78 is 0. The van der Waals surface area contributed by atoms with Crippen molar-refractivity contribution in [3.05, 3.63) is 18.5 Å². The van der Waals surface area contributed by atoms with Crippen molar-refractivity contribution in [2.45, 2.75) is 19.4 Å². The maximum atomic E-state index is 8.69. The third kappa shape index (κ3) is 2.92. The van der Waals surface area contributed by atoms with Crippen LogP contribution in [0.2, 0.25) is 0 Å². The second kappa shape index (κ2) is 5.60. The second-order valence-corrected chi connectivity index (χ2v) is 4.28. The molecule has 1 atom stereocenters. The van der Waals surface area contributed by atoms with E-state index >= 15 is 0 Å². The van der Waals surface area contributed by atoms with Gasteiger partial charge in [0.05, 0.1) is 12.5 Å². The van der Waals surface area contributed by atoms with Crippen LogP contribution in [0.3, 0.4) is 0 Å². The highest BCUT2D eigenvalue weighted by Crippen LogP contribution is 2.12. The van der Waals surface area contributed by atoms with Crippen LogP contribution in [0.15, 0.2) is 18.5 Å². The molecule has 1 aliphatic rings. The molecule has 90 valence electrons. The van der Waals surface area contributed by atoms with E-state index in [1.165, 1.54) is 0 Å². The summed E-state index contributed by atoms with van der Waals surface area (Å²) in [6, 6.07) is 4.40. The number of nitrogens with zero attached hydrogens (tertiary/aromatic N) is 5. The van der Waals surface area contributed by atoms with Gasteiger partial charge >= 0.3 is 0 Å². The van der Waals surface area contributed by atoms with Crippen LogP contribution in [0.5, 0.6) is 0 Å². The normalized spacial score (nSPS) is 18.7. The van der Waals surface area contributed by atoms with Crippen molar-refractivity contribution in [1.29, 1.82) is 5.26 Å². The highest BCUT2D eigenvalue weighted by molar-refractivity contribution is 5.29. The molecular formula is C12H17N5. The number of rotatable bonds is 3. The average Bonchev–Trinajstić information content (AvgIpc) is 2.40. The first-order valence-electron chi connectivity index (χ1n) is 5.94. The van der Waals surface area contributed by atoms with Gasteiger partial charge in [0, 0.05) is 44.6 Å². The third-order valence-corrected chi connectivity index (χ3v) is 3.16. The summed E-state index contributed by atoms with van der Waals surface area (Å²) in [5.41, 5.74) is 0. The first-order chi connectivity index (χ1) is 8.31. The maximum Gasteiger partial charge on any atom is 0.225 e. The average molecular weight is 231 g/mol. The topological polar surface area (TPSA) is 56.1 Å². The molecule has 2 rings (SSSR count). The number of nitriles is 1. The molecule has 5 nitrogen and oxygen atoms in total. The number of aromatic nitrogens is 2. The van der Waals surface area contributed by atoms with Crippen LogP contribution in [0.1, 0.15) is 13.3 Å². The van der Waals surface area contributed by atoms with Gasteiger partial charge in [-0.05, 0) is 13.0 Å². The van der Waals surface area contributed by atoms with Gasteiger partial charge in [-0.1, -0.05) is 0 Å². The summed E-state index contributed by atoms with van der Waals surface area (Å²) >= 11 is 0. The summed E-state index contributed by atoms with van der Waals surface area (Å²) in [6.45, 7) is 5.92. The molecule has 0 N–H and O–H groups in total. The lowest BCUT2D eigenvalue weighted by molar-refractivity contribution is 0.198. The van der Waals surface area contributed by atoms with E-state index in [2.05, 4.69) is 32.8 Å². The van der Waals surface area contributed by atoms with Crippen molar-refractivity contribution in [3.8, 4) is 6.07 Å². The van der Waals surface area contributed by atoms with E-state index in [9.17, 15) is 0 Å². The predicted octanol–water partition coefficient (Wildman–Crippen LogP) is 0.901. The molecule has 0 spiro atoms. The summed E-state index contributed by atoms with van der Waals surface area (Å²) in [5.74, 6) is 0.806. The molecule has 0 amide bonds. The zero-order valence-electron chi connectivity index (χ0n) is 10.1. The Bertz CT molecular complexity index is 378. The van der Waals surface area contributed by atoms with E-state index < -0.39 is 0 Å². The standard InChI is InChI=1S/C12H17N5/c1-11(3-4-13)16-7-9-17(10-8-16)12-14-5-2-6-15-12/h2,5-6,11H,3,7-10H2,1H3/t11-/m1/s1. The number of hydrogen-bond donors (Lipinski definition) is 0. The van der Waals surface area contributed by atoms with Crippen LogP contribution in [0, 0.1) is 11.3 Å². The smallest absolute Gasteiger partial charge is 0.225 e. The summed E-state index contributed by atoms with van der Waals surface area (Å²) in [5, 5.41) is 8.69.